The normalized spacial score (nSPS) is 17.3. The van der Waals surface area contributed by atoms with Gasteiger partial charge in [0.15, 0.2) is 0 Å². The monoisotopic (exact) mass is 360 g/mol. The summed E-state index contributed by atoms with van der Waals surface area (Å²) in [6, 6.07) is 0.225. The molecule has 3 rings (SSSR count). The summed E-state index contributed by atoms with van der Waals surface area (Å²) in [4.78, 5) is 26.1. The van der Waals surface area contributed by atoms with E-state index in [0.29, 0.717) is 5.92 Å². The molecule has 5 nitrogen and oxygen atoms in total. The second-order valence-corrected chi connectivity index (χ2v) is 8.67. The molecular formula is C19H28N4OS. The summed E-state index contributed by atoms with van der Waals surface area (Å²) in [6.45, 7) is 12.4. The fourth-order valence-electron chi connectivity index (χ4n) is 3.27. The minimum Gasteiger partial charge on any atom is -0.356 e. The maximum absolute atomic E-state index is 12.5. The molecule has 0 aliphatic carbocycles. The number of rotatable bonds is 4. The number of aryl methyl sites for hydroxylation is 2. The van der Waals surface area contributed by atoms with Gasteiger partial charge in [0.25, 0.3) is 0 Å². The number of fused-ring (bicyclic) bond motifs is 1. The zero-order valence-corrected chi connectivity index (χ0v) is 16.6. The Morgan fingerprint density at radius 2 is 1.92 bits per heavy atom. The highest BCUT2D eigenvalue weighted by Gasteiger charge is 2.28. The molecule has 0 saturated carbocycles. The molecule has 6 heteroatoms. The summed E-state index contributed by atoms with van der Waals surface area (Å²) in [5, 5.41) is 4.35. The maximum atomic E-state index is 12.5. The van der Waals surface area contributed by atoms with Crippen LogP contribution in [0.2, 0.25) is 0 Å². The van der Waals surface area contributed by atoms with Crippen LogP contribution in [-0.4, -0.2) is 35.0 Å². The van der Waals surface area contributed by atoms with Gasteiger partial charge in [-0.2, -0.15) is 0 Å². The standard InChI is InChI=1S/C19H28N4OS/c1-11(2)13(4)22-18(24)15-6-8-23(9-7-15)17-16-12(3)14(5)25-19(16)21-10-20-17/h10-11,13,15H,6-9H2,1-5H3,(H,22,24). The van der Waals surface area contributed by atoms with Crippen molar-refractivity contribution in [3.8, 4) is 0 Å². The number of nitrogens with one attached hydrogen (secondary N) is 1. The molecule has 136 valence electrons. The van der Waals surface area contributed by atoms with Crippen molar-refractivity contribution in [3.63, 3.8) is 0 Å². The molecule has 0 radical (unpaired) electrons. The van der Waals surface area contributed by atoms with Gasteiger partial charge in [0.2, 0.25) is 5.91 Å². The highest BCUT2D eigenvalue weighted by atomic mass is 32.1. The molecule has 1 fully saturated rings. The van der Waals surface area contributed by atoms with Crippen LogP contribution in [0.4, 0.5) is 5.82 Å². The third kappa shape index (κ3) is 3.64. The van der Waals surface area contributed by atoms with Gasteiger partial charge in [0.05, 0.1) is 5.39 Å². The number of piperidine rings is 1. The largest absolute Gasteiger partial charge is 0.356 e. The minimum atomic E-state index is 0.111. The van der Waals surface area contributed by atoms with Crippen molar-refractivity contribution >= 4 is 33.3 Å². The van der Waals surface area contributed by atoms with Gasteiger partial charge in [0, 0.05) is 29.9 Å². The number of hydrogen-bond acceptors (Lipinski definition) is 5. The molecule has 2 aromatic rings. The van der Waals surface area contributed by atoms with E-state index in [9.17, 15) is 4.79 Å². The van der Waals surface area contributed by atoms with Crippen LogP contribution in [0.15, 0.2) is 6.33 Å². The number of anilines is 1. The molecule has 1 atom stereocenters. The van der Waals surface area contributed by atoms with Crippen molar-refractivity contribution in [1.82, 2.24) is 15.3 Å². The Morgan fingerprint density at radius 1 is 1.24 bits per heavy atom. The van der Waals surface area contributed by atoms with Crippen LogP contribution >= 0.6 is 11.3 Å². The van der Waals surface area contributed by atoms with E-state index in [1.165, 1.54) is 15.8 Å². The number of thiophene rings is 1. The average molecular weight is 361 g/mol. The maximum Gasteiger partial charge on any atom is 0.223 e. The van der Waals surface area contributed by atoms with E-state index in [1.54, 1.807) is 17.7 Å². The van der Waals surface area contributed by atoms with Gasteiger partial charge in [-0.25, -0.2) is 9.97 Å². The van der Waals surface area contributed by atoms with Crippen LogP contribution in [0.1, 0.15) is 44.1 Å². The third-order valence-electron chi connectivity index (χ3n) is 5.48. The number of hydrogen-bond donors (Lipinski definition) is 1. The second-order valence-electron chi connectivity index (χ2n) is 7.46. The highest BCUT2D eigenvalue weighted by Crippen LogP contribution is 2.35. The molecule has 3 heterocycles. The van der Waals surface area contributed by atoms with Crippen molar-refractivity contribution in [2.24, 2.45) is 11.8 Å². The first-order valence-corrected chi connectivity index (χ1v) is 9.96. The Bertz CT molecular complexity index is 762. The molecule has 25 heavy (non-hydrogen) atoms. The van der Waals surface area contributed by atoms with Gasteiger partial charge < -0.3 is 10.2 Å². The molecule has 1 aliphatic rings. The van der Waals surface area contributed by atoms with Crippen molar-refractivity contribution in [1.29, 1.82) is 0 Å². The van der Waals surface area contributed by atoms with Crippen LogP contribution in [0.25, 0.3) is 10.2 Å². The average Bonchev–Trinajstić information content (AvgIpc) is 2.89. The first-order valence-electron chi connectivity index (χ1n) is 9.14. The van der Waals surface area contributed by atoms with Gasteiger partial charge in [-0.15, -0.1) is 11.3 Å². The fourth-order valence-corrected chi connectivity index (χ4v) is 4.26. The highest BCUT2D eigenvalue weighted by molar-refractivity contribution is 7.18. The number of carbonyl (C=O) groups excluding carboxylic acids is 1. The number of nitrogens with zero attached hydrogens (tertiary/aromatic N) is 3. The quantitative estimate of drug-likeness (QED) is 0.903. The lowest BCUT2D eigenvalue weighted by Crippen LogP contribution is -2.44. The number of amides is 1. The minimum absolute atomic E-state index is 0.111. The fraction of sp³-hybridized carbons (Fsp3) is 0.632. The van der Waals surface area contributed by atoms with Gasteiger partial charge in [-0.1, -0.05) is 13.8 Å². The van der Waals surface area contributed by atoms with Gasteiger partial charge >= 0.3 is 0 Å². The molecular weight excluding hydrogens is 332 g/mol. The van der Waals surface area contributed by atoms with E-state index in [0.717, 1.165) is 36.6 Å². The first-order chi connectivity index (χ1) is 11.9. The summed E-state index contributed by atoms with van der Waals surface area (Å²) in [6.07, 6.45) is 3.42. The Hall–Kier alpha value is -1.69. The molecule has 0 spiro atoms. The molecule has 1 amide bonds. The number of aromatic nitrogens is 2. The zero-order valence-electron chi connectivity index (χ0n) is 15.8. The van der Waals surface area contributed by atoms with E-state index >= 15 is 0 Å². The lowest BCUT2D eigenvalue weighted by atomic mass is 9.94. The molecule has 1 unspecified atom stereocenters. The predicted molar refractivity (Wildman–Crippen MR) is 104 cm³/mol. The molecule has 1 saturated heterocycles. The van der Waals surface area contributed by atoms with Crippen LogP contribution in [-0.2, 0) is 4.79 Å². The van der Waals surface area contributed by atoms with Gasteiger partial charge in [-0.05, 0) is 45.1 Å². The van der Waals surface area contributed by atoms with Crippen molar-refractivity contribution in [2.45, 2.75) is 53.5 Å². The number of carbonyl (C=O) groups is 1. The summed E-state index contributed by atoms with van der Waals surface area (Å²) in [7, 11) is 0. The van der Waals surface area contributed by atoms with Crippen molar-refractivity contribution < 1.29 is 4.79 Å². The second kappa shape index (κ2) is 7.28. The predicted octanol–water partition coefficient (Wildman–Crippen LogP) is 3.69. The Kier molecular flexibility index (Phi) is 5.27. The lowest BCUT2D eigenvalue weighted by Gasteiger charge is -2.33. The Labute approximate surface area is 153 Å². The van der Waals surface area contributed by atoms with Crippen LogP contribution < -0.4 is 10.2 Å². The van der Waals surface area contributed by atoms with E-state index in [-0.39, 0.29) is 17.9 Å². The van der Waals surface area contributed by atoms with E-state index in [4.69, 9.17) is 0 Å². The summed E-state index contributed by atoms with van der Waals surface area (Å²) in [5.74, 6) is 1.81. The third-order valence-corrected chi connectivity index (χ3v) is 6.60. The van der Waals surface area contributed by atoms with E-state index in [1.807, 2.05) is 0 Å². The molecule has 1 aliphatic heterocycles. The smallest absolute Gasteiger partial charge is 0.223 e. The molecule has 0 bridgehead atoms. The summed E-state index contributed by atoms with van der Waals surface area (Å²) < 4.78 is 0. The molecule has 2 aromatic heterocycles. The molecule has 0 aromatic carbocycles. The van der Waals surface area contributed by atoms with Gasteiger partial charge in [0.1, 0.15) is 17.0 Å². The summed E-state index contributed by atoms with van der Waals surface area (Å²) in [5.41, 5.74) is 1.28. The Morgan fingerprint density at radius 3 is 2.56 bits per heavy atom. The van der Waals surface area contributed by atoms with Crippen LogP contribution in [0, 0.1) is 25.7 Å². The van der Waals surface area contributed by atoms with Crippen LogP contribution in [0.5, 0.6) is 0 Å². The van der Waals surface area contributed by atoms with Crippen molar-refractivity contribution in [3.05, 3.63) is 16.8 Å². The zero-order chi connectivity index (χ0) is 18.1. The lowest BCUT2D eigenvalue weighted by molar-refractivity contribution is -0.126. The SMILES string of the molecule is Cc1sc2ncnc(N3CCC(C(=O)NC(C)C(C)C)CC3)c2c1C. The van der Waals surface area contributed by atoms with Crippen molar-refractivity contribution in [2.75, 3.05) is 18.0 Å². The molecule has 1 N–H and O–H groups in total. The van der Waals surface area contributed by atoms with E-state index < -0.39 is 0 Å². The van der Waals surface area contributed by atoms with E-state index in [2.05, 4.69) is 54.8 Å². The first kappa shape index (κ1) is 18.1. The topological polar surface area (TPSA) is 58.1 Å². The van der Waals surface area contributed by atoms with Crippen LogP contribution in [0.3, 0.4) is 0 Å². The summed E-state index contributed by atoms with van der Waals surface area (Å²) >= 11 is 1.73. The Balaban J connectivity index is 1.70. The van der Waals surface area contributed by atoms with Gasteiger partial charge in [-0.3, -0.25) is 4.79 Å².